The van der Waals surface area contributed by atoms with Crippen molar-refractivity contribution < 1.29 is 13.2 Å². The van der Waals surface area contributed by atoms with Gasteiger partial charge in [0.05, 0.1) is 22.2 Å². The summed E-state index contributed by atoms with van der Waals surface area (Å²) >= 11 is 5.96. The molecule has 0 atom stereocenters. The Balaban J connectivity index is 2.40. The Morgan fingerprint density at radius 2 is 1.95 bits per heavy atom. The van der Waals surface area contributed by atoms with Gasteiger partial charge in [0.2, 0.25) is 15.9 Å². The van der Waals surface area contributed by atoms with Crippen LogP contribution in [0, 0.1) is 6.92 Å². The van der Waals surface area contributed by atoms with Gasteiger partial charge in [-0.25, -0.2) is 8.42 Å². The molecule has 21 heavy (non-hydrogen) atoms. The van der Waals surface area contributed by atoms with Gasteiger partial charge in [0.1, 0.15) is 0 Å². The molecule has 0 saturated carbocycles. The third-order valence-corrected chi connectivity index (χ3v) is 5.87. The first kappa shape index (κ1) is 16.1. The van der Waals surface area contributed by atoms with Crippen LogP contribution in [0.2, 0.25) is 5.02 Å². The predicted octanol–water partition coefficient (Wildman–Crippen LogP) is 1.08. The van der Waals surface area contributed by atoms with Crippen LogP contribution in [0.25, 0.3) is 0 Å². The standard InChI is InChI=1S/C13H18ClN3O3S/c1-9-6-10(7-11(15)13(9)14)21(19,20)17-5-3-4-16(2)12(18)8-17/h6-7H,3-5,8,15H2,1-2H3. The maximum Gasteiger partial charge on any atom is 0.243 e. The first-order valence-electron chi connectivity index (χ1n) is 6.53. The van der Waals surface area contributed by atoms with Crippen LogP contribution in [-0.2, 0) is 14.8 Å². The third kappa shape index (κ3) is 3.14. The summed E-state index contributed by atoms with van der Waals surface area (Å²) in [5.74, 6) is -0.213. The summed E-state index contributed by atoms with van der Waals surface area (Å²) in [5.41, 5.74) is 6.55. The molecular formula is C13H18ClN3O3S. The van der Waals surface area contributed by atoms with Crippen molar-refractivity contribution in [3.05, 3.63) is 22.7 Å². The fourth-order valence-electron chi connectivity index (χ4n) is 2.23. The minimum Gasteiger partial charge on any atom is -0.397 e. The lowest BCUT2D eigenvalue weighted by atomic mass is 10.2. The van der Waals surface area contributed by atoms with Crippen LogP contribution in [0.1, 0.15) is 12.0 Å². The molecule has 1 fully saturated rings. The second-order valence-corrected chi connectivity index (χ2v) is 7.47. The number of rotatable bonds is 2. The number of amides is 1. The van der Waals surface area contributed by atoms with E-state index in [2.05, 4.69) is 0 Å². The van der Waals surface area contributed by atoms with Crippen molar-refractivity contribution in [3.63, 3.8) is 0 Å². The van der Waals surface area contributed by atoms with Gasteiger partial charge in [-0.1, -0.05) is 11.6 Å². The SMILES string of the molecule is Cc1cc(S(=O)(=O)N2CCCN(C)C(=O)C2)cc(N)c1Cl. The van der Waals surface area contributed by atoms with Crippen LogP contribution >= 0.6 is 11.6 Å². The minimum atomic E-state index is -3.76. The number of likely N-dealkylation sites (N-methyl/N-ethyl adjacent to an activating group) is 1. The zero-order valence-electron chi connectivity index (χ0n) is 12.0. The van der Waals surface area contributed by atoms with E-state index in [1.54, 1.807) is 14.0 Å². The molecule has 1 aromatic rings. The second-order valence-electron chi connectivity index (χ2n) is 5.15. The Labute approximate surface area is 129 Å². The Morgan fingerprint density at radius 1 is 1.29 bits per heavy atom. The molecule has 0 bridgehead atoms. The summed E-state index contributed by atoms with van der Waals surface area (Å²) in [7, 11) is -2.09. The van der Waals surface area contributed by atoms with E-state index in [0.717, 1.165) is 0 Å². The number of nitrogens with zero attached hydrogens (tertiary/aromatic N) is 2. The van der Waals surface area contributed by atoms with Gasteiger partial charge in [-0.3, -0.25) is 4.79 Å². The van der Waals surface area contributed by atoms with E-state index in [-0.39, 0.29) is 23.0 Å². The van der Waals surface area contributed by atoms with E-state index >= 15 is 0 Å². The number of hydrogen-bond donors (Lipinski definition) is 1. The van der Waals surface area contributed by atoms with Gasteiger partial charge in [0.25, 0.3) is 0 Å². The van der Waals surface area contributed by atoms with Crippen molar-refractivity contribution in [1.82, 2.24) is 9.21 Å². The number of carbonyl (C=O) groups is 1. The number of sulfonamides is 1. The van der Waals surface area contributed by atoms with E-state index in [9.17, 15) is 13.2 Å². The van der Waals surface area contributed by atoms with Crippen LogP contribution < -0.4 is 5.73 Å². The van der Waals surface area contributed by atoms with Gasteiger partial charge >= 0.3 is 0 Å². The maximum atomic E-state index is 12.7. The number of aryl methyl sites for hydroxylation is 1. The average molecular weight is 332 g/mol. The Bertz CT molecular complexity index is 652. The van der Waals surface area contributed by atoms with Crippen LogP contribution in [0.3, 0.4) is 0 Å². The Kier molecular flexibility index (Phi) is 4.46. The summed E-state index contributed by atoms with van der Waals surface area (Å²) in [6, 6.07) is 2.82. The maximum absolute atomic E-state index is 12.7. The molecule has 0 aromatic heterocycles. The van der Waals surface area contributed by atoms with E-state index in [1.165, 1.54) is 21.3 Å². The average Bonchev–Trinajstić information content (AvgIpc) is 2.58. The van der Waals surface area contributed by atoms with E-state index in [0.29, 0.717) is 30.1 Å². The molecule has 1 aliphatic heterocycles. The zero-order chi connectivity index (χ0) is 15.8. The van der Waals surface area contributed by atoms with Crippen molar-refractivity contribution in [1.29, 1.82) is 0 Å². The zero-order valence-corrected chi connectivity index (χ0v) is 13.5. The van der Waals surface area contributed by atoms with Crippen LogP contribution in [0.15, 0.2) is 17.0 Å². The first-order chi connectivity index (χ1) is 9.73. The molecule has 1 aromatic carbocycles. The van der Waals surface area contributed by atoms with Gasteiger partial charge in [-0.15, -0.1) is 0 Å². The number of nitrogens with two attached hydrogens (primary N) is 1. The molecule has 0 unspecified atom stereocenters. The molecule has 0 spiro atoms. The highest BCUT2D eigenvalue weighted by atomic mass is 35.5. The summed E-state index contributed by atoms with van der Waals surface area (Å²) < 4.78 is 26.5. The molecule has 0 radical (unpaired) electrons. The van der Waals surface area contributed by atoms with Gasteiger partial charge in [-0.2, -0.15) is 4.31 Å². The van der Waals surface area contributed by atoms with Crippen molar-refractivity contribution in [2.75, 3.05) is 32.4 Å². The third-order valence-electron chi connectivity index (χ3n) is 3.53. The number of anilines is 1. The second kappa shape index (κ2) is 5.82. The number of carbonyl (C=O) groups excluding carboxylic acids is 1. The summed E-state index contributed by atoms with van der Waals surface area (Å²) in [5, 5.41) is 0.348. The highest BCUT2D eigenvalue weighted by Crippen LogP contribution is 2.28. The van der Waals surface area contributed by atoms with Crippen LogP contribution in [0.4, 0.5) is 5.69 Å². The fourth-order valence-corrected chi connectivity index (χ4v) is 3.88. The van der Waals surface area contributed by atoms with Gasteiger partial charge in [-0.05, 0) is 31.0 Å². The molecule has 6 nitrogen and oxygen atoms in total. The molecule has 1 heterocycles. The normalized spacial score (nSPS) is 17.9. The van der Waals surface area contributed by atoms with Gasteiger partial charge in [0.15, 0.2) is 0 Å². The summed E-state index contributed by atoms with van der Waals surface area (Å²) in [4.78, 5) is 13.5. The molecule has 2 N–H and O–H groups in total. The minimum absolute atomic E-state index is 0.0688. The summed E-state index contributed by atoms with van der Waals surface area (Å²) in [6.45, 7) is 2.39. The summed E-state index contributed by atoms with van der Waals surface area (Å²) in [6.07, 6.45) is 0.601. The highest BCUT2D eigenvalue weighted by Gasteiger charge is 2.30. The molecule has 1 aliphatic rings. The van der Waals surface area contributed by atoms with E-state index in [4.69, 9.17) is 17.3 Å². The largest absolute Gasteiger partial charge is 0.397 e. The molecule has 8 heteroatoms. The van der Waals surface area contributed by atoms with E-state index < -0.39 is 10.0 Å². The number of nitrogen functional groups attached to an aromatic ring is 1. The fraction of sp³-hybridized carbons (Fsp3) is 0.462. The van der Waals surface area contributed by atoms with Crippen molar-refractivity contribution in [3.8, 4) is 0 Å². The molecule has 116 valence electrons. The number of hydrogen-bond acceptors (Lipinski definition) is 4. The van der Waals surface area contributed by atoms with E-state index in [1.807, 2.05) is 0 Å². The Hall–Kier alpha value is -1.31. The molecular weight excluding hydrogens is 314 g/mol. The number of benzene rings is 1. The molecule has 1 saturated heterocycles. The molecule has 1 amide bonds. The van der Waals surface area contributed by atoms with Crippen molar-refractivity contribution >= 4 is 33.2 Å². The van der Waals surface area contributed by atoms with Crippen LogP contribution in [-0.4, -0.2) is 50.2 Å². The lowest BCUT2D eigenvalue weighted by Crippen LogP contribution is -2.38. The van der Waals surface area contributed by atoms with Gasteiger partial charge < -0.3 is 10.6 Å². The Morgan fingerprint density at radius 3 is 2.57 bits per heavy atom. The highest BCUT2D eigenvalue weighted by molar-refractivity contribution is 7.89. The molecule has 2 rings (SSSR count). The topological polar surface area (TPSA) is 83.7 Å². The predicted molar refractivity (Wildman–Crippen MR) is 81.6 cm³/mol. The van der Waals surface area contributed by atoms with Crippen molar-refractivity contribution in [2.24, 2.45) is 0 Å². The lowest BCUT2D eigenvalue weighted by molar-refractivity contribution is -0.129. The number of halogens is 1. The quantitative estimate of drug-likeness (QED) is 0.822. The smallest absolute Gasteiger partial charge is 0.243 e. The lowest BCUT2D eigenvalue weighted by Gasteiger charge is -2.20. The van der Waals surface area contributed by atoms with Gasteiger partial charge in [0, 0.05) is 20.1 Å². The monoisotopic (exact) mass is 331 g/mol. The van der Waals surface area contributed by atoms with Crippen molar-refractivity contribution in [2.45, 2.75) is 18.2 Å². The first-order valence-corrected chi connectivity index (χ1v) is 8.35. The molecule has 0 aliphatic carbocycles. The van der Waals surface area contributed by atoms with Crippen LogP contribution in [0.5, 0.6) is 0 Å².